The molecule has 0 amide bonds. The summed E-state index contributed by atoms with van der Waals surface area (Å²) in [5.74, 6) is 0.699. The van der Waals surface area contributed by atoms with Crippen molar-refractivity contribution in [3.8, 4) is 0 Å². The number of rotatable bonds is 2. The number of allylic oxidation sites excluding steroid dienone is 4. The van der Waals surface area contributed by atoms with Gasteiger partial charge in [0.1, 0.15) is 0 Å². The van der Waals surface area contributed by atoms with Gasteiger partial charge in [-0.1, -0.05) is 25.0 Å². The largest absolute Gasteiger partial charge is 0.0653 e. The van der Waals surface area contributed by atoms with Crippen LogP contribution in [0, 0.1) is 12.0 Å². The molecule has 0 fully saturated rings. The molecule has 1 unspecified atom stereocenters. The van der Waals surface area contributed by atoms with Crippen LogP contribution in [0.1, 0.15) is 45.4 Å². The lowest BCUT2D eigenvalue weighted by Gasteiger charge is -2.18. The van der Waals surface area contributed by atoms with Crippen molar-refractivity contribution in [2.75, 3.05) is 0 Å². The zero-order chi connectivity index (χ0) is 8.39. The number of hydrogen-bond acceptors (Lipinski definition) is 0. The van der Waals surface area contributed by atoms with E-state index in [0.29, 0.717) is 5.92 Å². The average molecular weight is 161 g/mol. The van der Waals surface area contributed by atoms with Gasteiger partial charge in [0.05, 0.1) is 0 Å². The zero-order valence-electron chi connectivity index (χ0n) is 7.90. The molecular weight excluding hydrogens is 144 g/mol. The van der Waals surface area contributed by atoms with Gasteiger partial charge in [0.25, 0.3) is 0 Å². The summed E-state index contributed by atoms with van der Waals surface area (Å²) in [5.41, 5.74) is 3.35. The third-order valence-electron chi connectivity index (χ3n) is 3.01. The molecular formula is C12H17. The fourth-order valence-corrected chi connectivity index (χ4v) is 2.36. The van der Waals surface area contributed by atoms with Gasteiger partial charge in [-0.3, -0.25) is 0 Å². The van der Waals surface area contributed by atoms with Crippen LogP contribution in [0.25, 0.3) is 0 Å². The summed E-state index contributed by atoms with van der Waals surface area (Å²) in [6, 6.07) is 0. The SMILES string of the molecule is CCCC1[C]=CC2=C1CCCC2. The topological polar surface area (TPSA) is 0 Å². The second-order valence-corrected chi connectivity index (χ2v) is 3.91. The van der Waals surface area contributed by atoms with Gasteiger partial charge >= 0.3 is 0 Å². The maximum absolute atomic E-state index is 3.50. The van der Waals surface area contributed by atoms with Crippen LogP contribution in [0.2, 0.25) is 0 Å². The lowest BCUT2D eigenvalue weighted by atomic mass is 9.87. The first kappa shape index (κ1) is 8.10. The Balaban J connectivity index is 2.10. The van der Waals surface area contributed by atoms with Gasteiger partial charge in [-0.2, -0.15) is 0 Å². The van der Waals surface area contributed by atoms with Crippen molar-refractivity contribution in [2.45, 2.75) is 45.4 Å². The second kappa shape index (κ2) is 3.47. The zero-order valence-corrected chi connectivity index (χ0v) is 7.90. The minimum atomic E-state index is 0.699. The molecule has 0 spiro atoms. The fraction of sp³-hybridized carbons (Fsp3) is 0.667. The molecule has 1 atom stereocenters. The fourth-order valence-electron chi connectivity index (χ4n) is 2.36. The van der Waals surface area contributed by atoms with Gasteiger partial charge < -0.3 is 0 Å². The monoisotopic (exact) mass is 161 g/mol. The first-order valence-corrected chi connectivity index (χ1v) is 5.23. The predicted molar refractivity (Wildman–Crippen MR) is 51.7 cm³/mol. The molecule has 0 heteroatoms. The van der Waals surface area contributed by atoms with Gasteiger partial charge in [-0.05, 0) is 43.8 Å². The third-order valence-corrected chi connectivity index (χ3v) is 3.01. The van der Waals surface area contributed by atoms with E-state index in [9.17, 15) is 0 Å². The summed E-state index contributed by atoms with van der Waals surface area (Å²) in [4.78, 5) is 0. The van der Waals surface area contributed by atoms with Crippen LogP contribution in [0.15, 0.2) is 17.2 Å². The van der Waals surface area contributed by atoms with Gasteiger partial charge in [0.15, 0.2) is 0 Å². The van der Waals surface area contributed by atoms with Crippen LogP contribution in [0.4, 0.5) is 0 Å². The molecule has 12 heavy (non-hydrogen) atoms. The maximum atomic E-state index is 3.50. The Morgan fingerprint density at radius 3 is 3.08 bits per heavy atom. The van der Waals surface area contributed by atoms with E-state index < -0.39 is 0 Å². The highest BCUT2D eigenvalue weighted by molar-refractivity contribution is 5.35. The molecule has 0 aliphatic heterocycles. The van der Waals surface area contributed by atoms with Crippen LogP contribution in [-0.4, -0.2) is 0 Å². The van der Waals surface area contributed by atoms with E-state index in [2.05, 4.69) is 19.1 Å². The Labute approximate surface area is 75.4 Å². The van der Waals surface area contributed by atoms with Crippen LogP contribution >= 0.6 is 0 Å². The molecule has 65 valence electrons. The summed E-state index contributed by atoms with van der Waals surface area (Å²) in [6.07, 6.45) is 13.9. The Hall–Kier alpha value is -0.520. The van der Waals surface area contributed by atoms with Gasteiger partial charge in [-0.15, -0.1) is 0 Å². The first-order chi connectivity index (χ1) is 5.92. The Kier molecular flexibility index (Phi) is 2.34. The molecule has 0 saturated carbocycles. The normalized spacial score (nSPS) is 27.9. The van der Waals surface area contributed by atoms with Crippen molar-refractivity contribution in [1.29, 1.82) is 0 Å². The molecule has 2 rings (SSSR count). The molecule has 0 heterocycles. The van der Waals surface area contributed by atoms with E-state index in [1.54, 1.807) is 11.1 Å². The lowest BCUT2D eigenvalue weighted by molar-refractivity contribution is 0.581. The summed E-state index contributed by atoms with van der Waals surface area (Å²) in [6.45, 7) is 2.27. The van der Waals surface area contributed by atoms with E-state index in [1.165, 1.54) is 38.5 Å². The summed E-state index contributed by atoms with van der Waals surface area (Å²) in [5, 5.41) is 0. The van der Waals surface area contributed by atoms with Crippen LogP contribution in [0.5, 0.6) is 0 Å². The van der Waals surface area contributed by atoms with Crippen LogP contribution < -0.4 is 0 Å². The lowest BCUT2D eigenvalue weighted by Crippen LogP contribution is -2.03. The first-order valence-electron chi connectivity index (χ1n) is 5.23. The molecule has 0 aromatic heterocycles. The van der Waals surface area contributed by atoms with Crippen LogP contribution in [-0.2, 0) is 0 Å². The molecule has 2 aliphatic rings. The minimum Gasteiger partial charge on any atom is -0.0653 e. The van der Waals surface area contributed by atoms with Crippen molar-refractivity contribution in [1.82, 2.24) is 0 Å². The van der Waals surface area contributed by atoms with E-state index >= 15 is 0 Å². The standard InChI is InChI=1S/C12H17/c1-2-5-10-8-9-11-6-3-4-7-12(10)11/h9-10H,2-7H2,1H3. The molecule has 0 aromatic rings. The summed E-state index contributed by atoms with van der Waals surface area (Å²) in [7, 11) is 0. The van der Waals surface area contributed by atoms with Gasteiger partial charge in [0, 0.05) is 5.92 Å². The molecule has 1 radical (unpaired) electrons. The van der Waals surface area contributed by atoms with E-state index in [0.717, 1.165) is 0 Å². The predicted octanol–water partition coefficient (Wildman–Crippen LogP) is 3.65. The quantitative estimate of drug-likeness (QED) is 0.580. The minimum absolute atomic E-state index is 0.699. The highest BCUT2D eigenvalue weighted by atomic mass is 14.3. The Bertz CT molecular complexity index is 220. The average Bonchev–Trinajstić information content (AvgIpc) is 2.50. The van der Waals surface area contributed by atoms with Crippen LogP contribution in [0.3, 0.4) is 0 Å². The summed E-state index contributed by atoms with van der Waals surface area (Å²) < 4.78 is 0. The van der Waals surface area contributed by atoms with E-state index in [4.69, 9.17) is 0 Å². The van der Waals surface area contributed by atoms with Gasteiger partial charge in [0.2, 0.25) is 0 Å². The molecule has 2 aliphatic carbocycles. The Morgan fingerprint density at radius 2 is 2.25 bits per heavy atom. The van der Waals surface area contributed by atoms with Crippen molar-refractivity contribution >= 4 is 0 Å². The second-order valence-electron chi connectivity index (χ2n) is 3.91. The van der Waals surface area contributed by atoms with Crippen molar-refractivity contribution in [3.05, 3.63) is 23.3 Å². The van der Waals surface area contributed by atoms with E-state index in [-0.39, 0.29) is 0 Å². The van der Waals surface area contributed by atoms with Crippen molar-refractivity contribution in [2.24, 2.45) is 5.92 Å². The highest BCUT2D eigenvalue weighted by Gasteiger charge is 2.21. The Morgan fingerprint density at radius 1 is 1.42 bits per heavy atom. The van der Waals surface area contributed by atoms with E-state index in [1.807, 2.05) is 0 Å². The molecule has 0 nitrogen and oxygen atoms in total. The maximum Gasteiger partial charge on any atom is 0.00569 e. The third kappa shape index (κ3) is 1.35. The molecule has 0 bridgehead atoms. The van der Waals surface area contributed by atoms with Crippen molar-refractivity contribution in [3.63, 3.8) is 0 Å². The molecule has 0 aromatic carbocycles. The molecule has 0 N–H and O–H groups in total. The number of hydrogen-bond donors (Lipinski definition) is 0. The van der Waals surface area contributed by atoms with Gasteiger partial charge in [-0.25, -0.2) is 0 Å². The molecule has 0 saturated heterocycles. The smallest absolute Gasteiger partial charge is 0.00569 e. The van der Waals surface area contributed by atoms with Crippen molar-refractivity contribution < 1.29 is 0 Å². The summed E-state index contributed by atoms with van der Waals surface area (Å²) >= 11 is 0. The highest BCUT2D eigenvalue weighted by Crippen LogP contribution is 2.37.